The molecule has 1 aromatic carbocycles. The number of amides is 1. The van der Waals surface area contributed by atoms with Crippen LogP contribution in [-0.2, 0) is 4.79 Å². The smallest absolute Gasteiger partial charge is 0.233 e. The van der Waals surface area contributed by atoms with E-state index in [9.17, 15) is 4.79 Å². The lowest BCUT2D eigenvalue weighted by Crippen LogP contribution is -2.43. The molecule has 0 bridgehead atoms. The van der Waals surface area contributed by atoms with Crippen LogP contribution >= 0.6 is 12.2 Å². The molecule has 0 aliphatic carbocycles. The van der Waals surface area contributed by atoms with Gasteiger partial charge >= 0.3 is 0 Å². The molecule has 3 nitrogen and oxygen atoms in total. The molecular weight excluding hydrogens is 232 g/mol. The highest BCUT2D eigenvalue weighted by Crippen LogP contribution is 2.14. The number of carbonyl (C=O) groups is 1. The summed E-state index contributed by atoms with van der Waals surface area (Å²) in [5, 5.41) is 6.05. The van der Waals surface area contributed by atoms with Crippen LogP contribution in [0.1, 0.15) is 32.3 Å². The molecule has 0 aliphatic heterocycles. The Kier molecular flexibility index (Phi) is 5.10. The first kappa shape index (κ1) is 13.6. The molecule has 17 heavy (non-hydrogen) atoms. The van der Waals surface area contributed by atoms with Crippen molar-refractivity contribution < 1.29 is 4.79 Å². The maximum absolute atomic E-state index is 11.9. The monoisotopic (exact) mass is 250 g/mol. The van der Waals surface area contributed by atoms with Crippen molar-refractivity contribution in [2.45, 2.75) is 32.7 Å². The molecule has 2 N–H and O–H groups in total. The summed E-state index contributed by atoms with van der Waals surface area (Å²) >= 11 is 5.03. The molecule has 92 valence electrons. The third kappa shape index (κ3) is 4.53. The second-order valence-corrected chi connectivity index (χ2v) is 4.66. The maximum atomic E-state index is 11.9. The summed E-state index contributed by atoms with van der Waals surface area (Å²) in [6.45, 7) is 5.81. The Morgan fingerprint density at radius 1 is 1.18 bits per heavy atom. The van der Waals surface area contributed by atoms with E-state index in [1.807, 2.05) is 51.1 Å². The third-order valence-electron chi connectivity index (χ3n) is 2.35. The number of nitrogens with one attached hydrogen (secondary N) is 2. The summed E-state index contributed by atoms with van der Waals surface area (Å²) in [5.74, 6) is -0.294. The minimum atomic E-state index is -0.205. The highest BCUT2D eigenvalue weighted by atomic mass is 32.1. The zero-order valence-electron chi connectivity index (χ0n) is 10.4. The SMILES string of the molecule is CC(C)NC(=S)NC(=O)C(C)c1ccccc1. The lowest BCUT2D eigenvalue weighted by atomic mass is 10.0. The summed E-state index contributed by atoms with van der Waals surface area (Å²) in [7, 11) is 0. The fourth-order valence-corrected chi connectivity index (χ4v) is 1.75. The Morgan fingerprint density at radius 3 is 2.29 bits per heavy atom. The first-order valence-corrected chi connectivity index (χ1v) is 6.08. The van der Waals surface area contributed by atoms with E-state index in [1.54, 1.807) is 0 Å². The van der Waals surface area contributed by atoms with Crippen molar-refractivity contribution in [1.82, 2.24) is 10.6 Å². The zero-order chi connectivity index (χ0) is 12.8. The summed E-state index contributed by atoms with van der Waals surface area (Å²) in [6.07, 6.45) is 0. The Bertz CT molecular complexity index is 390. The second-order valence-electron chi connectivity index (χ2n) is 4.25. The van der Waals surface area contributed by atoms with Gasteiger partial charge in [-0.15, -0.1) is 0 Å². The van der Waals surface area contributed by atoms with Crippen molar-refractivity contribution in [3.63, 3.8) is 0 Å². The summed E-state index contributed by atoms with van der Waals surface area (Å²) in [5.41, 5.74) is 0.984. The van der Waals surface area contributed by atoms with Crippen LogP contribution in [0.5, 0.6) is 0 Å². The standard InChI is InChI=1S/C13H18N2OS/c1-9(2)14-13(17)15-12(16)10(3)11-7-5-4-6-8-11/h4-10H,1-3H3,(H2,14,15,16,17). The van der Waals surface area contributed by atoms with E-state index in [-0.39, 0.29) is 17.9 Å². The Hall–Kier alpha value is -1.42. The Balaban J connectivity index is 2.56. The van der Waals surface area contributed by atoms with Crippen molar-refractivity contribution >= 4 is 23.2 Å². The quantitative estimate of drug-likeness (QED) is 0.808. The molecule has 0 saturated heterocycles. The van der Waals surface area contributed by atoms with Crippen molar-refractivity contribution in [2.75, 3.05) is 0 Å². The average Bonchev–Trinajstić information content (AvgIpc) is 2.28. The van der Waals surface area contributed by atoms with Gasteiger partial charge in [-0.1, -0.05) is 30.3 Å². The van der Waals surface area contributed by atoms with Crippen molar-refractivity contribution in [2.24, 2.45) is 0 Å². The van der Waals surface area contributed by atoms with Crippen LogP contribution in [0.15, 0.2) is 30.3 Å². The number of hydrogen-bond donors (Lipinski definition) is 2. The van der Waals surface area contributed by atoms with Gasteiger partial charge in [-0.25, -0.2) is 0 Å². The molecule has 0 saturated carbocycles. The molecule has 1 atom stereocenters. The molecular formula is C13H18N2OS. The van der Waals surface area contributed by atoms with E-state index >= 15 is 0 Å². The predicted molar refractivity (Wildman–Crippen MR) is 73.9 cm³/mol. The van der Waals surface area contributed by atoms with Gasteiger partial charge in [-0.05, 0) is 38.6 Å². The molecule has 0 radical (unpaired) electrons. The highest BCUT2D eigenvalue weighted by Gasteiger charge is 2.15. The minimum absolute atomic E-state index is 0.0886. The van der Waals surface area contributed by atoms with Crippen LogP contribution in [0.25, 0.3) is 0 Å². The minimum Gasteiger partial charge on any atom is -0.360 e. The molecule has 0 heterocycles. The van der Waals surface area contributed by atoms with Crippen LogP contribution in [0.4, 0.5) is 0 Å². The van der Waals surface area contributed by atoms with Crippen molar-refractivity contribution in [3.05, 3.63) is 35.9 Å². The van der Waals surface area contributed by atoms with Crippen LogP contribution in [0.3, 0.4) is 0 Å². The molecule has 1 amide bonds. The number of rotatable bonds is 3. The highest BCUT2D eigenvalue weighted by molar-refractivity contribution is 7.80. The van der Waals surface area contributed by atoms with E-state index in [4.69, 9.17) is 12.2 Å². The fraction of sp³-hybridized carbons (Fsp3) is 0.385. The summed E-state index contributed by atoms with van der Waals surface area (Å²) in [4.78, 5) is 11.9. The lowest BCUT2D eigenvalue weighted by Gasteiger charge is -2.15. The van der Waals surface area contributed by atoms with Gasteiger partial charge in [0.05, 0.1) is 5.92 Å². The number of benzene rings is 1. The Morgan fingerprint density at radius 2 is 1.76 bits per heavy atom. The van der Waals surface area contributed by atoms with Gasteiger partial charge in [-0.2, -0.15) is 0 Å². The maximum Gasteiger partial charge on any atom is 0.233 e. The molecule has 0 spiro atoms. The van der Waals surface area contributed by atoms with Crippen LogP contribution < -0.4 is 10.6 Å². The number of thiocarbonyl (C=S) groups is 1. The van der Waals surface area contributed by atoms with Gasteiger partial charge < -0.3 is 10.6 Å². The fourth-order valence-electron chi connectivity index (χ4n) is 1.41. The van der Waals surface area contributed by atoms with Gasteiger partial charge in [0.15, 0.2) is 5.11 Å². The van der Waals surface area contributed by atoms with Gasteiger partial charge in [-0.3, -0.25) is 4.79 Å². The van der Waals surface area contributed by atoms with Crippen molar-refractivity contribution in [3.8, 4) is 0 Å². The van der Waals surface area contributed by atoms with Crippen LogP contribution in [0.2, 0.25) is 0 Å². The first-order valence-electron chi connectivity index (χ1n) is 5.67. The van der Waals surface area contributed by atoms with E-state index in [2.05, 4.69) is 10.6 Å². The molecule has 0 aromatic heterocycles. The molecule has 0 aliphatic rings. The largest absolute Gasteiger partial charge is 0.360 e. The van der Waals surface area contributed by atoms with E-state index in [0.717, 1.165) is 5.56 Å². The van der Waals surface area contributed by atoms with Gasteiger partial charge in [0.2, 0.25) is 5.91 Å². The van der Waals surface area contributed by atoms with Crippen molar-refractivity contribution in [1.29, 1.82) is 0 Å². The lowest BCUT2D eigenvalue weighted by molar-refractivity contribution is -0.120. The Labute approximate surface area is 108 Å². The number of hydrogen-bond acceptors (Lipinski definition) is 2. The van der Waals surface area contributed by atoms with E-state index < -0.39 is 0 Å². The van der Waals surface area contributed by atoms with Gasteiger partial charge in [0, 0.05) is 6.04 Å². The molecule has 1 aromatic rings. The molecule has 1 rings (SSSR count). The molecule has 1 unspecified atom stereocenters. The normalized spacial score (nSPS) is 12.0. The topological polar surface area (TPSA) is 41.1 Å². The first-order chi connectivity index (χ1) is 8.00. The summed E-state index contributed by atoms with van der Waals surface area (Å²) in [6, 6.07) is 9.86. The average molecular weight is 250 g/mol. The van der Waals surface area contributed by atoms with Crippen LogP contribution in [-0.4, -0.2) is 17.1 Å². The molecule has 0 fully saturated rings. The summed E-state index contributed by atoms with van der Waals surface area (Å²) < 4.78 is 0. The zero-order valence-corrected chi connectivity index (χ0v) is 11.2. The van der Waals surface area contributed by atoms with E-state index in [1.165, 1.54) is 0 Å². The van der Waals surface area contributed by atoms with Gasteiger partial charge in [0.25, 0.3) is 0 Å². The third-order valence-corrected chi connectivity index (χ3v) is 2.57. The van der Waals surface area contributed by atoms with Gasteiger partial charge in [0.1, 0.15) is 0 Å². The predicted octanol–water partition coefficient (Wildman–Crippen LogP) is 2.19. The molecule has 4 heteroatoms. The van der Waals surface area contributed by atoms with E-state index in [0.29, 0.717) is 5.11 Å². The van der Waals surface area contributed by atoms with Crippen LogP contribution in [0, 0.1) is 0 Å². The number of carbonyl (C=O) groups excluding carboxylic acids is 1. The second kappa shape index (κ2) is 6.35.